The van der Waals surface area contributed by atoms with E-state index in [1.807, 2.05) is 25.7 Å². The van der Waals surface area contributed by atoms with E-state index >= 15 is 0 Å². The third-order valence-electron chi connectivity index (χ3n) is 2.73. The molecule has 1 aliphatic rings. The number of amides is 1. The van der Waals surface area contributed by atoms with Crippen LogP contribution in [0.15, 0.2) is 0 Å². The zero-order valence-electron chi connectivity index (χ0n) is 9.95. The van der Waals surface area contributed by atoms with Gasteiger partial charge in [-0.25, -0.2) is 0 Å². The molecule has 2 N–H and O–H groups in total. The van der Waals surface area contributed by atoms with Crippen LogP contribution in [-0.2, 0) is 9.53 Å². The van der Waals surface area contributed by atoms with Crippen molar-refractivity contribution in [2.24, 2.45) is 11.1 Å². The number of ether oxygens (including phenoxy) is 1. The average molecular weight is 214 g/mol. The molecule has 1 unspecified atom stereocenters. The maximum atomic E-state index is 12.0. The van der Waals surface area contributed by atoms with Crippen LogP contribution >= 0.6 is 0 Å². The number of nitrogens with zero attached hydrogens (tertiary/aromatic N) is 1. The lowest BCUT2D eigenvalue weighted by Gasteiger charge is -2.31. The molecule has 0 aromatic carbocycles. The lowest BCUT2D eigenvalue weighted by atomic mass is 9.86. The van der Waals surface area contributed by atoms with Gasteiger partial charge in [-0.3, -0.25) is 4.79 Å². The van der Waals surface area contributed by atoms with E-state index in [0.717, 1.165) is 19.6 Å². The molecule has 0 aromatic heterocycles. The summed E-state index contributed by atoms with van der Waals surface area (Å²) in [4.78, 5) is 13.9. The molecular formula is C11H22N2O2. The topological polar surface area (TPSA) is 55.6 Å². The van der Waals surface area contributed by atoms with Gasteiger partial charge in [0.2, 0.25) is 5.91 Å². The van der Waals surface area contributed by atoms with E-state index in [9.17, 15) is 4.79 Å². The van der Waals surface area contributed by atoms with Crippen molar-refractivity contribution < 1.29 is 9.53 Å². The predicted molar refractivity (Wildman–Crippen MR) is 59.4 cm³/mol. The molecule has 1 heterocycles. The highest BCUT2D eigenvalue weighted by Crippen LogP contribution is 2.19. The molecule has 4 nitrogen and oxygen atoms in total. The Morgan fingerprint density at radius 2 is 2.00 bits per heavy atom. The highest BCUT2D eigenvalue weighted by Gasteiger charge is 2.31. The lowest BCUT2D eigenvalue weighted by molar-refractivity contribution is -0.135. The Morgan fingerprint density at radius 1 is 1.33 bits per heavy atom. The first-order chi connectivity index (χ1) is 6.93. The summed E-state index contributed by atoms with van der Waals surface area (Å²) in [6, 6.07) is -0.421. The van der Waals surface area contributed by atoms with Crippen LogP contribution in [0.2, 0.25) is 0 Å². The van der Waals surface area contributed by atoms with Gasteiger partial charge in [0, 0.05) is 19.7 Å². The lowest BCUT2D eigenvalue weighted by Crippen LogP contribution is -2.51. The van der Waals surface area contributed by atoms with Gasteiger partial charge in [0.25, 0.3) is 0 Å². The first-order valence-electron chi connectivity index (χ1n) is 5.55. The molecule has 1 amide bonds. The Hall–Kier alpha value is -0.610. The molecule has 15 heavy (non-hydrogen) atoms. The summed E-state index contributed by atoms with van der Waals surface area (Å²) in [5.74, 6) is 0.0491. The van der Waals surface area contributed by atoms with Crippen molar-refractivity contribution in [3.8, 4) is 0 Å². The van der Waals surface area contributed by atoms with Crippen molar-refractivity contribution >= 4 is 5.91 Å². The first-order valence-corrected chi connectivity index (χ1v) is 5.55. The Kier molecular flexibility index (Phi) is 4.11. The molecule has 0 spiro atoms. The van der Waals surface area contributed by atoms with Crippen molar-refractivity contribution in [2.75, 3.05) is 26.3 Å². The number of hydrogen-bond acceptors (Lipinski definition) is 3. The van der Waals surface area contributed by atoms with Crippen molar-refractivity contribution in [1.82, 2.24) is 4.90 Å². The predicted octanol–water partition coefficient (Wildman–Crippen LogP) is 0.609. The minimum absolute atomic E-state index is 0.0491. The molecule has 0 saturated carbocycles. The molecule has 1 fully saturated rings. The van der Waals surface area contributed by atoms with Crippen LogP contribution in [0.4, 0.5) is 0 Å². The molecular weight excluding hydrogens is 192 g/mol. The van der Waals surface area contributed by atoms with Crippen LogP contribution in [0.3, 0.4) is 0 Å². The molecule has 88 valence electrons. The minimum atomic E-state index is -0.421. The molecule has 1 atom stereocenters. The van der Waals surface area contributed by atoms with E-state index in [-0.39, 0.29) is 11.3 Å². The van der Waals surface area contributed by atoms with E-state index in [2.05, 4.69) is 0 Å². The minimum Gasteiger partial charge on any atom is -0.380 e. The summed E-state index contributed by atoms with van der Waals surface area (Å²) in [7, 11) is 0. The second-order valence-electron chi connectivity index (χ2n) is 5.13. The van der Waals surface area contributed by atoms with Crippen molar-refractivity contribution in [1.29, 1.82) is 0 Å². The van der Waals surface area contributed by atoms with Crippen LogP contribution in [0, 0.1) is 5.41 Å². The molecule has 1 rings (SSSR count). The van der Waals surface area contributed by atoms with E-state index < -0.39 is 6.04 Å². The standard InChI is InChI=1S/C11H22N2O2/c1-11(2,3)9(12)10(14)13-5-4-7-15-8-6-13/h9H,4-8,12H2,1-3H3. The summed E-state index contributed by atoms with van der Waals surface area (Å²) >= 11 is 0. The van der Waals surface area contributed by atoms with Gasteiger partial charge in [-0.05, 0) is 11.8 Å². The van der Waals surface area contributed by atoms with Gasteiger partial charge in [0.1, 0.15) is 0 Å². The second kappa shape index (κ2) is 4.94. The van der Waals surface area contributed by atoms with Gasteiger partial charge >= 0.3 is 0 Å². The summed E-state index contributed by atoms with van der Waals surface area (Å²) in [6.07, 6.45) is 0.905. The van der Waals surface area contributed by atoms with Gasteiger partial charge in [0.15, 0.2) is 0 Å². The summed E-state index contributed by atoms with van der Waals surface area (Å²) in [6.45, 7) is 8.78. The van der Waals surface area contributed by atoms with Gasteiger partial charge in [-0.2, -0.15) is 0 Å². The highest BCUT2D eigenvalue weighted by molar-refractivity contribution is 5.82. The number of rotatable bonds is 1. The van der Waals surface area contributed by atoms with E-state index in [4.69, 9.17) is 10.5 Å². The zero-order chi connectivity index (χ0) is 11.5. The number of nitrogens with two attached hydrogens (primary N) is 1. The maximum absolute atomic E-state index is 12.0. The zero-order valence-corrected chi connectivity index (χ0v) is 9.95. The Morgan fingerprint density at radius 3 is 2.60 bits per heavy atom. The molecule has 1 saturated heterocycles. The SMILES string of the molecule is CC(C)(C)C(N)C(=O)N1CCCOCC1. The smallest absolute Gasteiger partial charge is 0.240 e. The van der Waals surface area contributed by atoms with Crippen LogP contribution in [0.5, 0.6) is 0 Å². The number of hydrogen-bond donors (Lipinski definition) is 1. The fourth-order valence-electron chi connectivity index (χ4n) is 1.53. The highest BCUT2D eigenvalue weighted by atomic mass is 16.5. The van der Waals surface area contributed by atoms with Crippen molar-refractivity contribution in [2.45, 2.75) is 33.2 Å². The van der Waals surface area contributed by atoms with Gasteiger partial charge < -0.3 is 15.4 Å². The van der Waals surface area contributed by atoms with E-state index in [1.165, 1.54) is 0 Å². The molecule has 0 aliphatic carbocycles. The van der Waals surface area contributed by atoms with Gasteiger partial charge in [0.05, 0.1) is 12.6 Å². The van der Waals surface area contributed by atoms with E-state index in [0.29, 0.717) is 13.2 Å². The third kappa shape index (κ3) is 3.47. The quantitative estimate of drug-likeness (QED) is 0.695. The van der Waals surface area contributed by atoms with E-state index in [1.54, 1.807) is 0 Å². The second-order valence-corrected chi connectivity index (χ2v) is 5.13. The number of carbonyl (C=O) groups excluding carboxylic acids is 1. The summed E-state index contributed by atoms with van der Waals surface area (Å²) < 4.78 is 5.31. The fraction of sp³-hybridized carbons (Fsp3) is 0.909. The summed E-state index contributed by atoms with van der Waals surface area (Å²) in [5, 5.41) is 0. The molecule has 1 aliphatic heterocycles. The fourth-order valence-corrected chi connectivity index (χ4v) is 1.53. The van der Waals surface area contributed by atoms with Crippen molar-refractivity contribution in [3.05, 3.63) is 0 Å². The molecule has 0 radical (unpaired) electrons. The van der Waals surface area contributed by atoms with Gasteiger partial charge in [-0.1, -0.05) is 20.8 Å². The van der Waals surface area contributed by atoms with Crippen LogP contribution in [-0.4, -0.2) is 43.2 Å². The van der Waals surface area contributed by atoms with Crippen LogP contribution in [0.1, 0.15) is 27.2 Å². The first kappa shape index (κ1) is 12.5. The Balaban J connectivity index is 2.58. The van der Waals surface area contributed by atoms with Gasteiger partial charge in [-0.15, -0.1) is 0 Å². The Bertz CT molecular complexity index is 215. The maximum Gasteiger partial charge on any atom is 0.240 e. The third-order valence-corrected chi connectivity index (χ3v) is 2.73. The molecule has 0 bridgehead atoms. The average Bonchev–Trinajstić information content (AvgIpc) is 2.42. The molecule has 4 heteroatoms. The normalized spacial score (nSPS) is 20.9. The van der Waals surface area contributed by atoms with Crippen LogP contribution < -0.4 is 5.73 Å². The van der Waals surface area contributed by atoms with Crippen molar-refractivity contribution in [3.63, 3.8) is 0 Å². The monoisotopic (exact) mass is 214 g/mol. The largest absolute Gasteiger partial charge is 0.380 e. The number of carbonyl (C=O) groups is 1. The Labute approximate surface area is 91.8 Å². The van der Waals surface area contributed by atoms with Crippen LogP contribution in [0.25, 0.3) is 0 Å². The summed E-state index contributed by atoms with van der Waals surface area (Å²) in [5.41, 5.74) is 5.77. The molecule has 0 aromatic rings.